The van der Waals surface area contributed by atoms with Gasteiger partial charge >= 0.3 is 0 Å². The molecule has 0 aliphatic carbocycles. The highest BCUT2D eigenvalue weighted by Crippen LogP contribution is 2.27. The Morgan fingerprint density at radius 3 is 2.64 bits per heavy atom. The molecular formula is C19H19N5O. The molecule has 0 aliphatic rings. The Labute approximate surface area is 146 Å². The third-order valence-corrected chi connectivity index (χ3v) is 3.80. The lowest BCUT2D eigenvalue weighted by Gasteiger charge is -2.10. The number of amides is 1. The minimum atomic E-state index is -0.163. The molecule has 1 amide bonds. The molecule has 3 aromatic rings. The highest BCUT2D eigenvalue weighted by molar-refractivity contribution is 5.88. The minimum Gasteiger partial charge on any atom is -0.388 e. The van der Waals surface area contributed by atoms with Gasteiger partial charge in [0.15, 0.2) is 0 Å². The second kappa shape index (κ2) is 7.09. The maximum atomic E-state index is 11.2. The second-order valence-corrected chi connectivity index (χ2v) is 5.68. The summed E-state index contributed by atoms with van der Waals surface area (Å²) in [5.74, 6) is 0.328. The molecule has 0 unspecified atom stereocenters. The van der Waals surface area contributed by atoms with Crippen LogP contribution in [0.15, 0.2) is 48.9 Å². The fourth-order valence-electron chi connectivity index (χ4n) is 2.53. The first-order valence-corrected chi connectivity index (χ1v) is 7.91. The smallest absolute Gasteiger partial charge is 0.222 e. The summed E-state index contributed by atoms with van der Waals surface area (Å²) in [6, 6.07) is 9.76. The predicted octanol–water partition coefficient (Wildman–Crippen LogP) is 3.51. The number of hydrogen-bond acceptors (Lipinski definition) is 5. The third-order valence-electron chi connectivity index (χ3n) is 3.80. The van der Waals surface area contributed by atoms with E-state index in [1.807, 2.05) is 26.1 Å². The van der Waals surface area contributed by atoms with E-state index in [4.69, 9.17) is 4.98 Å². The van der Waals surface area contributed by atoms with Crippen LogP contribution in [0.1, 0.15) is 12.5 Å². The summed E-state index contributed by atoms with van der Waals surface area (Å²) in [6.45, 7) is 3.50. The fourth-order valence-corrected chi connectivity index (χ4v) is 2.53. The zero-order valence-electron chi connectivity index (χ0n) is 14.4. The Kier molecular flexibility index (Phi) is 4.70. The number of rotatable bonds is 4. The van der Waals surface area contributed by atoms with Crippen LogP contribution < -0.4 is 10.6 Å². The normalized spacial score (nSPS) is 10.4. The van der Waals surface area contributed by atoms with Crippen LogP contribution in [-0.2, 0) is 4.79 Å². The quantitative estimate of drug-likeness (QED) is 0.764. The van der Waals surface area contributed by atoms with E-state index in [-0.39, 0.29) is 5.91 Å². The lowest BCUT2D eigenvalue weighted by atomic mass is 10.0. The third kappa shape index (κ3) is 3.80. The van der Waals surface area contributed by atoms with Crippen molar-refractivity contribution in [3.63, 3.8) is 0 Å². The number of nitrogens with one attached hydrogen (secondary N) is 2. The molecule has 0 aliphatic heterocycles. The summed E-state index contributed by atoms with van der Waals surface area (Å²) in [5.41, 5.74) is 5.53. The molecule has 3 rings (SSSR count). The maximum Gasteiger partial charge on any atom is 0.222 e. The highest BCUT2D eigenvalue weighted by atomic mass is 16.1. The summed E-state index contributed by atoms with van der Waals surface area (Å²) in [7, 11) is 1.89. The summed E-state index contributed by atoms with van der Waals surface area (Å²) in [4.78, 5) is 24.4. The number of nitrogens with zero attached hydrogens (tertiary/aromatic N) is 3. The van der Waals surface area contributed by atoms with Gasteiger partial charge < -0.3 is 10.6 Å². The van der Waals surface area contributed by atoms with Gasteiger partial charge in [-0.05, 0) is 36.8 Å². The van der Waals surface area contributed by atoms with Crippen molar-refractivity contribution in [2.24, 2.45) is 0 Å². The molecule has 0 atom stereocenters. The molecule has 126 valence electrons. The Morgan fingerprint density at radius 2 is 1.88 bits per heavy atom. The van der Waals surface area contributed by atoms with Crippen molar-refractivity contribution in [2.75, 3.05) is 17.7 Å². The summed E-state index contributed by atoms with van der Waals surface area (Å²) < 4.78 is 0. The molecule has 2 N–H and O–H groups in total. The number of hydrogen-bond donors (Lipinski definition) is 2. The van der Waals surface area contributed by atoms with Crippen LogP contribution in [0.3, 0.4) is 0 Å². The summed E-state index contributed by atoms with van der Waals surface area (Å²) >= 11 is 0. The Bertz CT molecular complexity index is 923. The van der Waals surface area contributed by atoms with Crippen LogP contribution >= 0.6 is 0 Å². The number of aromatic nitrogens is 3. The van der Waals surface area contributed by atoms with Gasteiger partial charge in [-0.25, -0.2) is 9.97 Å². The van der Waals surface area contributed by atoms with Gasteiger partial charge in [-0.15, -0.1) is 0 Å². The SMILES string of the molecule is CNc1ccc(C)c(-c2cncc(-c3ccnc(NC(C)=O)c3)n2)c1. The average Bonchev–Trinajstić information content (AvgIpc) is 2.62. The monoisotopic (exact) mass is 333 g/mol. The number of pyridine rings is 1. The van der Waals surface area contributed by atoms with E-state index in [2.05, 4.69) is 32.7 Å². The van der Waals surface area contributed by atoms with E-state index < -0.39 is 0 Å². The Morgan fingerprint density at radius 1 is 1.08 bits per heavy atom. The van der Waals surface area contributed by atoms with Crippen LogP contribution in [0.4, 0.5) is 11.5 Å². The predicted molar refractivity (Wildman–Crippen MR) is 99.3 cm³/mol. The average molecular weight is 333 g/mol. The molecule has 0 radical (unpaired) electrons. The van der Waals surface area contributed by atoms with Gasteiger partial charge in [-0.3, -0.25) is 9.78 Å². The van der Waals surface area contributed by atoms with Gasteiger partial charge in [-0.1, -0.05) is 6.07 Å². The van der Waals surface area contributed by atoms with Crippen LogP contribution in [0.2, 0.25) is 0 Å². The number of carbonyl (C=O) groups excluding carboxylic acids is 1. The van der Waals surface area contributed by atoms with Crippen molar-refractivity contribution in [2.45, 2.75) is 13.8 Å². The topological polar surface area (TPSA) is 79.8 Å². The fraction of sp³-hybridized carbons (Fsp3) is 0.158. The lowest BCUT2D eigenvalue weighted by molar-refractivity contribution is -0.114. The van der Waals surface area contributed by atoms with Crippen molar-refractivity contribution >= 4 is 17.4 Å². The van der Waals surface area contributed by atoms with Gasteiger partial charge in [0, 0.05) is 37.0 Å². The number of aryl methyl sites for hydroxylation is 1. The standard InChI is InChI=1S/C19H19N5O/c1-12-4-5-15(20-3)9-16(12)18-11-21-10-17(24-18)14-6-7-22-19(8-14)23-13(2)25/h4-11,20H,1-3H3,(H,22,23,25). The molecule has 2 heterocycles. The van der Waals surface area contributed by atoms with E-state index in [9.17, 15) is 4.79 Å². The van der Waals surface area contributed by atoms with Crippen LogP contribution in [0, 0.1) is 6.92 Å². The summed E-state index contributed by atoms with van der Waals surface area (Å²) in [5, 5.41) is 5.82. The zero-order valence-corrected chi connectivity index (χ0v) is 14.4. The van der Waals surface area contributed by atoms with E-state index in [1.54, 1.807) is 24.7 Å². The molecular weight excluding hydrogens is 314 g/mol. The maximum absolute atomic E-state index is 11.2. The highest BCUT2D eigenvalue weighted by Gasteiger charge is 2.09. The van der Waals surface area contributed by atoms with Crippen molar-refractivity contribution in [3.8, 4) is 22.5 Å². The van der Waals surface area contributed by atoms with Crippen molar-refractivity contribution in [1.29, 1.82) is 0 Å². The van der Waals surface area contributed by atoms with Crippen molar-refractivity contribution in [1.82, 2.24) is 15.0 Å². The summed E-state index contributed by atoms with van der Waals surface area (Å²) in [6.07, 6.45) is 5.09. The van der Waals surface area contributed by atoms with Crippen LogP contribution in [0.25, 0.3) is 22.5 Å². The Balaban J connectivity index is 2.01. The molecule has 25 heavy (non-hydrogen) atoms. The largest absolute Gasteiger partial charge is 0.388 e. The van der Waals surface area contributed by atoms with Crippen molar-refractivity contribution < 1.29 is 4.79 Å². The number of benzene rings is 1. The Hall–Kier alpha value is -3.28. The second-order valence-electron chi connectivity index (χ2n) is 5.68. The molecule has 6 heteroatoms. The molecule has 0 spiro atoms. The van der Waals surface area contributed by atoms with Gasteiger partial charge in [0.2, 0.25) is 5.91 Å². The molecule has 2 aromatic heterocycles. The number of carbonyl (C=O) groups is 1. The first-order valence-electron chi connectivity index (χ1n) is 7.91. The van der Waals surface area contributed by atoms with E-state index in [1.165, 1.54) is 6.92 Å². The van der Waals surface area contributed by atoms with Gasteiger partial charge in [0.1, 0.15) is 5.82 Å². The number of anilines is 2. The van der Waals surface area contributed by atoms with E-state index >= 15 is 0 Å². The minimum absolute atomic E-state index is 0.163. The zero-order chi connectivity index (χ0) is 17.8. The first-order chi connectivity index (χ1) is 12.1. The molecule has 1 aromatic carbocycles. The lowest BCUT2D eigenvalue weighted by Crippen LogP contribution is -2.07. The van der Waals surface area contributed by atoms with Crippen LogP contribution in [0.5, 0.6) is 0 Å². The van der Waals surface area contributed by atoms with Gasteiger partial charge in [-0.2, -0.15) is 0 Å². The first kappa shape index (κ1) is 16.6. The van der Waals surface area contributed by atoms with E-state index in [0.717, 1.165) is 33.8 Å². The van der Waals surface area contributed by atoms with Gasteiger partial charge in [0.25, 0.3) is 0 Å². The van der Waals surface area contributed by atoms with Gasteiger partial charge in [0.05, 0.1) is 23.8 Å². The molecule has 6 nitrogen and oxygen atoms in total. The molecule has 0 fully saturated rings. The van der Waals surface area contributed by atoms with E-state index in [0.29, 0.717) is 5.82 Å². The molecule has 0 saturated heterocycles. The molecule has 0 bridgehead atoms. The van der Waals surface area contributed by atoms with Crippen LogP contribution in [-0.4, -0.2) is 27.9 Å². The van der Waals surface area contributed by atoms with Crippen molar-refractivity contribution in [3.05, 3.63) is 54.5 Å². The molecule has 0 saturated carbocycles.